The smallest absolute Gasteiger partial charge is 0.240 e. The van der Waals surface area contributed by atoms with Gasteiger partial charge in [-0.2, -0.15) is 0 Å². The second-order valence-electron chi connectivity index (χ2n) is 4.18. The SMILES string of the molecule is CCN(C(=O)C1CCCS1)c1ccc(N)cc1. The first-order valence-electron chi connectivity index (χ1n) is 6.01. The number of nitrogens with two attached hydrogens (primary N) is 1. The van der Waals surface area contributed by atoms with Crippen LogP contribution in [0.5, 0.6) is 0 Å². The van der Waals surface area contributed by atoms with Gasteiger partial charge in [0.05, 0.1) is 5.25 Å². The highest BCUT2D eigenvalue weighted by Gasteiger charge is 2.27. The largest absolute Gasteiger partial charge is 0.399 e. The zero-order chi connectivity index (χ0) is 12.3. The van der Waals surface area contributed by atoms with E-state index in [1.807, 2.05) is 36.1 Å². The Bertz CT molecular complexity index is 385. The van der Waals surface area contributed by atoms with Gasteiger partial charge in [0, 0.05) is 17.9 Å². The van der Waals surface area contributed by atoms with Gasteiger partial charge >= 0.3 is 0 Å². The van der Waals surface area contributed by atoms with Crippen molar-refractivity contribution in [1.29, 1.82) is 0 Å². The van der Waals surface area contributed by atoms with Gasteiger partial charge in [-0.05, 0) is 49.8 Å². The van der Waals surface area contributed by atoms with Gasteiger partial charge in [-0.3, -0.25) is 4.79 Å². The third-order valence-corrected chi connectivity index (χ3v) is 4.36. The van der Waals surface area contributed by atoms with Gasteiger partial charge in [0.15, 0.2) is 0 Å². The molecule has 1 saturated heterocycles. The van der Waals surface area contributed by atoms with Crippen LogP contribution in [0.2, 0.25) is 0 Å². The fourth-order valence-corrected chi connectivity index (χ4v) is 3.29. The first-order chi connectivity index (χ1) is 8.22. The van der Waals surface area contributed by atoms with Crippen LogP contribution in [-0.2, 0) is 4.79 Å². The van der Waals surface area contributed by atoms with Gasteiger partial charge in [0.2, 0.25) is 5.91 Å². The molecule has 2 N–H and O–H groups in total. The Labute approximate surface area is 106 Å². The van der Waals surface area contributed by atoms with Crippen molar-refractivity contribution in [3.8, 4) is 0 Å². The number of benzene rings is 1. The predicted octanol–water partition coefficient (Wildman–Crippen LogP) is 2.52. The molecule has 0 bridgehead atoms. The van der Waals surface area contributed by atoms with Crippen LogP contribution in [0.15, 0.2) is 24.3 Å². The van der Waals surface area contributed by atoms with Gasteiger partial charge in [-0.15, -0.1) is 11.8 Å². The summed E-state index contributed by atoms with van der Waals surface area (Å²) < 4.78 is 0. The Hall–Kier alpha value is -1.16. The minimum atomic E-state index is 0.146. The van der Waals surface area contributed by atoms with Crippen molar-refractivity contribution < 1.29 is 4.79 Å². The molecule has 0 spiro atoms. The minimum Gasteiger partial charge on any atom is -0.399 e. The van der Waals surface area contributed by atoms with E-state index in [2.05, 4.69) is 0 Å². The Morgan fingerprint density at radius 3 is 2.71 bits per heavy atom. The van der Waals surface area contributed by atoms with E-state index in [9.17, 15) is 4.79 Å². The molecular weight excluding hydrogens is 232 g/mol. The Morgan fingerprint density at radius 2 is 2.18 bits per heavy atom. The van der Waals surface area contributed by atoms with Crippen LogP contribution in [0.3, 0.4) is 0 Å². The Balaban J connectivity index is 2.14. The van der Waals surface area contributed by atoms with E-state index in [1.54, 1.807) is 11.8 Å². The first-order valence-corrected chi connectivity index (χ1v) is 7.05. The van der Waals surface area contributed by atoms with Crippen LogP contribution in [-0.4, -0.2) is 23.5 Å². The Kier molecular flexibility index (Phi) is 3.94. The fourth-order valence-electron chi connectivity index (χ4n) is 2.07. The number of thioether (sulfide) groups is 1. The zero-order valence-electron chi connectivity index (χ0n) is 10.1. The van der Waals surface area contributed by atoms with Crippen LogP contribution >= 0.6 is 11.8 Å². The van der Waals surface area contributed by atoms with Crippen LogP contribution < -0.4 is 10.6 Å². The highest BCUT2D eigenvalue weighted by atomic mass is 32.2. The van der Waals surface area contributed by atoms with Crippen molar-refractivity contribution in [3.63, 3.8) is 0 Å². The van der Waals surface area contributed by atoms with Crippen molar-refractivity contribution in [2.75, 3.05) is 22.9 Å². The van der Waals surface area contributed by atoms with E-state index in [0.29, 0.717) is 6.54 Å². The molecule has 2 rings (SSSR count). The molecule has 0 radical (unpaired) electrons. The van der Waals surface area contributed by atoms with E-state index < -0.39 is 0 Å². The molecule has 3 nitrogen and oxygen atoms in total. The molecule has 1 aliphatic heterocycles. The maximum atomic E-state index is 12.3. The Morgan fingerprint density at radius 1 is 1.47 bits per heavy atom. The van der Waals surface area contributed by atoms with Crippen LogP contribution in [0, 0.1) is 0 Å². The average molecular weight is 250 g/mol. The van der Waals surface area contributed by atoms with Crippen LogP contribution in [0.4, 0.5) is 11.4 Å². The van der Waals surface area contributed by atoms with Gasteiger partial charge in [0.25, 0.3) is 0 Å². The lowest BCUT2D eigenvalue weighted by Gasteiger charge is -2.24. The molecule has 0 aliphatic carbocycles. The van der Waals surface area contributed by atoms with E-state index >= 15 is 0 Å². The number of hydrogen-bond donors (Lipinski definition) is 1. The lowest BCUT2D eigenvalue weighted by Crippen LogP contribution is -2.36. The molecule has 0 aromatic heterocycles. The highest BCUT2D eigenvalue weighted by molar-refractivity contribution is 8.00. The molecule has 1 aliphatic rings. The summed E-state index contributed by atoms with van der Waals surface area (Å²) in [5, 5.41) is 0.146. The highest BCUT2D eigenvalue weighted by Crippen LogP contribution is 2.29. The molecule has 1 atom stereocenters. The quantitative estimate of drug-likeness (QED) is 0.838. The third-order valence-electron chi connectivity index (χ3n) is 2.99. The molecule has 1 heterocycles. The monoisotopic (exact) mass is 250 g/mol. The number of nitrogens with zero attached hydrogens (tertiary/aromatic N) is 1. The number of carbonyl (C=O) groups excluding carboxylic acids is 1. The fraction of sp³-hybridized carbons (Fsp3) is 0.462. The second kappa shape index (κ2) is 5.45. The third kappa shape index (κ3) is 2.75. The predicted molar refractivity (Wildman–Crippen MR) is 74.4 cm³/mol. The minimum absolute atomic E-state index is 0.146. The number of nitrogen functional groups attached to an aromatic ring is 1. The average Bonchev–Trinajstić information content (AvgIpc) is 2.86. The van der Waals surface area contributed by atoms with Crippen molar-refractivity contribution in [1.82, 2.24) is 0 Å². The van der Waals surface area contributed by atoms with Crippen LogP contribution in [0.1, 0.15) is 19.8 Å². The van der Waals surface area contributed by atoms with Gasteiger partial charge in [-0.1, -0.05) is 0 Å². The lowest BCUT2D eigenvalue weighted by molar-refractivity contribution is -0.118. The summed E-state index contributed by atoms with van der Waals surface area (Å²) in [6.07, 6.45) is 2.16. The molecule has 1 aromatic carbocycles. The summed E-state index contributed by atoms with van der Waals surface area (Å²) in [5.74, 6) is 1.34. The van der Waals surface area contributed by atoms with Crippen molar-refractivity contribution in [2.45, 2.75) is 25.0 Å². The van der Waals surface area contributed by atoms with E-state index in [-0.39, 0.29) is 11.2 Å². The number of rotatable bonds is 3. The summed E-state index contributed by atoms with van der Waals surface area (Å²) in [6.45, 7) is 2.72. The summed E-state index contributed by atoms with van der Waals surface area (Å²) in [4.78, 5) is 14.2. The van der Waals surface area contributed by atoms with E-state index in [4.69, 9.17) is 5.73 Å². The summed E-state index contributed by atoms with van der Waals surface area (Å²) >= 11 is 1.78. The number of hydrogen-bond acceptors (Lipinski definition) is 3. The molecule has 1 unspecified atom stereocenters. The normalized spacial score (nSPS) is 19.2. The maximum absolute atomic E-state index is 12.3. The molecule has 0 saturated carbocycles. The summed E-state index contributed by atoms with van der Waals surface area (Å²) in [7, 11) is 0. The molecular formula is C13H18N2OS. The lowest BCUT2D eigenvalue weighted by atomic mass is 10.2. The van der Waals surface area contributed by atoms with Gasteiger partial charge < -0.3 is 10.6 Å². The van der Waals surface area contributed by atoms with E-state index in [0.717, 1.165) is 30.0 Å². The maximum Gasteiger partial charge on any atom is 0.240 e. The summed E-state index contributed by atoms with van der Waals surface area (Å²) in [6, 6.07) is 7.51. The van der Waals surface area contributed by atoms with Crippen molar-refractivity contribution in [2.24, 2.45) is 0 Å². The van der Waals surface area contributed by atoms with Crippen molar-refractivity contribution >= 4 is 29.0 Å². The molecule has 1 aromatic rings. The number of carbonyl (C=O) groups is 1. The standard InChI is InChI=1S/C13H18N2OS/c1-2-15(11-7-5-10(14)6-8-11)13(16)12-4-3-9-17-12/h5-8,12H,2-4,9,14H2,1H3. The van der Waals surface area contributed by atoms with Gasteiger partial charge in [-0.25, -0.2) is 0 Å². The van der Waals surface area contributed by atoms with Crippen molar-refractivity contribution in [3.05, 3.63) is 24.3 Å². The first kappa shape index (κ1) is 12.3. The molecule has 92 valence electrons. The topological polar surface area (TPSA) is 46.3 Å². The zero-order valence-corrected chi connectivity index (χ0v) is 10.9. The molecule has 17 heavy (non-hydrogen) atoms. The van der Waals surface area contributed by atoms with Crippen LogP contribution in [0.25, 0.3) is 0 Å². The number of amides is 1. The second-order valence-corrected chi connectivity index (χ2v) is 5.49. The molecule has 4 heteroatoms. The molecule has 1 fully saturated rings. The molecule has 1 amide bonds. The summed E-state index contributed by atoms with van der Waals surface area (Å²) in [5.41, 5.74) is 7.33. The number of anilines is 2. The van der Waals surface area contributed by atoms with E-state index in [1.165, 1.54) is 0 Å². The van der Waals surface area contributed by atoms with Gasteiger partial charge in [0.1, 0.15) is 0 Å².